The maximum Gasteiger partial charge on any atom is 0.389 e. The molecule has 1 aromatic heterocycles. The van der Waals surface area contributed by atoms with Crippen molar-refractivity contribution in [3.63, 3.8) is 0 Å². The fraction of sp³-hybridized carbons (Fsp3) is 0.522. The Bertz CT molecular complexity index is 1090. The van der Waals surface area contributed by atoms with Gasteiger partial charge < -0.3 is 21.3 Å². The number of urea groups is 1. The number of anilines is 3. The number of amides is 2. The first kappa shape index (κ1) is 24.9. The summed E-state index contributed by atoms with van der Waals surface area (Å²) in [4.78, 5) is 22.4. The lowest BCUT2D eigenvalue weighted by Gasteiger charge is -2.19. The largest absolute Gasteiger partial charge is 0.389 e. The molecular formula is C23H27F5N6O. The minimum Gasteiger partial charge on any atom is -0.368 e. The first-order valence-corrected chi connectivity index (χ1v) is 11.4. The van der Waals surface area contributed by atoms with Crippen molar-refractivity contribution in [2.45, 2.75) is 57.2 Å². The molecule has 2 atom stereocenters. The lowest BCUT2D eigenvalue weighted by atomic mass is 10.0. The molecule has 1 saturated heterocycles. The van der Waals surface area contributed by atoms with Crippen LogP contribution in [0.5, 0.6) is 0 Å². The summed E-state index contributed by atoms with van der Waals surface area (Å²) >= 11 is 0. The zero-order valence-corrected chi connectivity index (χ0v) is 19.1. The van der Waals surface area contributed by atoms with Gasteiger partial charge in [0.1, 0.15) is 5.82 Å². The van der Waals surface area contributed by atoms with E-state index in [4.69, 9.17) is 5.73 Å². The molecule has 1 aliphatic carbocycles. The van der Waals surface area contributed by atoms with Crippen LogP contribution in [0.1, 0.15) is 37.7 Å². The summed E-state index contributed by atoms with van der Waals surface area (Å²) in [5.41, 5.74) is 8.23. The molecule has 1 saturated carbocycles. The SMILES string of the molecule is Cc1ccc(NC(=O)N2CC[C@@H](CC(F)(F)F)C2)cc1-c1cc(NC2CCC(F)(F)C2)nc(N)n1. The molecular weight excluding hydrogens is 471 g/mol. The molecule has 2 amide bonds. The van der Waals surface area contributed by atoms with E-state index in [1.807, 2.05) is 6.92 Å². The Kier molecular flexibility index (Phi) is 6.74. The van der Waals surface area contributed by atoms with Gasteiger partial charge in [0.05, 0.1) is 5.69 Å². The van der Waals surface area contributed by atoms with Crippen molar-refractivity contribution in [2.24, 2.45) is 5.92 Å². The van der Waals surface area contributed by atoms with Gasteiger partial charge in [0.15, 0.2) is 0 Å². The second kappa shape index (κ2) is 9.46. The van der Waals surface area contributed by atoms with Crippen LogP contribution >= 0.6 is 0 Å². The Hall–Kier alpha value is -3.18. The smallest absolute Gasteiger partial charge is 0.368 e. The minimum atomic E-state index is -4.26. The molecule has 0 radical (unpaired) electrons. The zero-order chi connectivity index (χ0) is 25.4. The fourth-order valence-corrected chi connectivity index (χ4v) is 4.65. The molecule has 2 fully saturated rings. The molecule has 2 aliphatic rings. The second-order valence-corrected chi connectivity index (χ2v) is 9.32. The van der Waals surface area contributed by atoms with Crippen LogP contribution < -0.4 is 16.4 Å². The number of carbonyl (C=O) groups excluding carboxylic acids is 1. The average molecular weight is 499 g/mol. The summed E-state index contributed by atoms with van der Waals surface area (Å²) < 4.78 is 65.0. The monoisotopic (exact) mass is 498 g/mol. The van der Waals surface area contributed by atoms with Gasteiger partial charge in [0.2, 0.25) is 11.9 Å². The number of nitrogens with zero attached hydrogens (tertiary/aromatic N) is 3. The summed E-state index contributed by atoms with van der Waals surface area (Å²) in [7, 11) is 0. The number of hydrogen-bond acceptors (Lipinski definition) is 5. The topological polar surface area (TPSA) is 96.2 Å². The Morgan fingerprint density at radius 2 is 2.00 bits per heavy atom. The standard InChI is InChI=1S/C23H27F5N6O/c1-13-2-3-15(31-21(35)34-7-5-14(12-34)10-23(26,27)28)8-17(13)18-9-19(33-20(29)32-18)30-16-4-6-22(24,25)11-16/h2-3,8-9,14,16H,4-7,10-12H2,1H3,(H,31,35)(H3,29,30,32,33)/t14-,16?/m0/s1. The molecule has 12 heteroatoms. The van der Waals surface area contributed by atoms with Crippen LogP contribution in [0, 0.1) is 12.8 Å². The summed E-state index contributed by atoms with van der Waals surface area (Å²) in [5.74, 6) is -3.01. The minimum absolute atomic E-state index is 0.0311. The molecule has 2 heterocycles. The summed E-state index contributed by atoms with van der Waals surface area (Å²) in [6.45, 7) is 2.14. The average Bonchev–Trinajstić information content (AvgIpc) is 3.33. The lowest BCUT2D eigenvalue weighted by Crippen LogP contribution is -2.33. The van der Waals surface area contributed by atoms with E-state index >= 15 is 0 Å². The highest BCUT2D eigenvalue weighted by Crippen LogP contribution is 2.37. The zero-order valence-electron chi connectivity index (χ0n) is 19.1. The molecule has 1 unspecified atom stereocenters. The number of benzene rings is 1. The van der Waals surface area contributed by atoms with Crippen LogP contribution in [0.4, 0.5) is 44.2 Å². The Balaban J connectivity index is 1.47. The molecule has 4 rings (SSSR count). The van der Waals surface area contributed by atoms with Crippen molar-refractivity contribution in [1.29, 1.82) is 0 Å². The highest BCUT2D eigenvalue weighted by molar-refractivity contribution is 5.90. The normalized spacial score (nSPS) is 21.8. The van der Waals surface area contributed by atoms with E-state index < -0.39 is 36.5 Å². The van der Waals surface area contributed by atoms with Gasteiger partial charge in [0, 0.05) is 55.7 Å². The molecule has 35 heavy (non-hydrogen) atoms. The molecule has 0 spiro atoms. The van der Waals surface area contributed by atoms with Crippen molar-refractivity contribution in [2.75, 3.05) is 29.5 Å². The number of alkyl halides is 5. The van der Waals surface area contributed by atoms with Gasteiger partial charge in [-0.2, -0.15) is 18.2 Å². The van der Waals surface area contributed by atoms with Crippen LogP contribution in [0.25, 0.3) is 11.3 Å². The van der Waals surface area contributed by atoms with Gasteiger partial charge in [-0.1, -0.05) is 6.07 Å². The van der Waals surface area contributed by atoms with Crippen molar-refractivity contribution in [1.82, 2.24) is 14.9 Å². The van der Waals surface area contributed by atoms with E-state index in [1.54, 1.807) is 24.3 Å². The number of aromatic nitrogens is 2. The number of nitrogens with one attached hydrogen (secondary N) is 2. The summed E-state index contributed by atoms with van der Waals surface area (Å²) in [6.07, 6.45) is -5.02. The van der Waals surface area contributed by atoms with E-state index in [2.05, 4.69) is 20.6 Å². The van der Waals surface area contributed by atoms with Gasteiger partial charge >= 0.3 is 12.2 Å². The van der Waals surface area contributed by atoms with Gasteiger partial charge in [-0.05, 0) is 43.4 Å². The van der Waals surface area contributed by atoms with Crippen molar-refractivity contribution >= 4 is 23.5 Å². The Morgan fingerprint density at radius 3 is 2.69 bits per heavy atom. The van der Waals surface area contributed by atoms with Crippen LogP contribution in [-0.4, -0.2) is 52.1 Å². The number of rotatable bonds is 5. The maximum absolute atomic E-state index is 13.5. The third-order valence-electron chi connectivity index (χ3n) is 6.36. The highest BCUT2D eigenvalue weighted by Gasteiger charge is 2.39. The first-order valence-electron chi connectivity index (χ1n) is 11.4. The van der Waals surface area contributed by atoms with Crippen LogP contribution in [0.15, 0.2) is 24.3 Å². The predicted molar refractivity (Wildman–Crippen MR) is 122 cm³/mol. The maximum atomic E-state index is 13.5. The summed E-state index contributed by atoms with van der Waals surface area (Å²) in [6, 6.07) is 5.85. The molecule has 4 N–H and O–H groups in total. The van der Waals surface area contributed by atoms with E-state index in [-0.39, 0.29) is 31.9 Å². The Morgan fingerprint density at radius 1 is 1.23 bits per heavy atom. The van der Waals surface area contributed by atoms with Gasteiger partial charge in [0.25, 0.3) is 0 Å². The number of carbonyl (C=O) groups is 1. The quantitative estimate of drug-likeness (QED) is 0.477. The van der Waals surface area contributed by atoms with Crippen molar-refractivity contribution in [3.05, 3.63) is 29.8 Å². The van der Waals surface area contributed by atoms with Crippen LogP contribution in [-0.2, 0) is 0 Å². The van der Waals surface area contributed by atoms with Gasteiger partial charge in [-0.25, -0.2) is 18.6 Å². The molecule has 0 bridgehead atoms. The van der Waals surface area contributed by atoms with E-state index in [9.17, 15) is 26.7 Å². The lowest BCUT2D eigenvalue weighted by molar-refractivity contribution is -0.143. The number of aryl methyl sites for hydroxylation is 1. The number of nitrogens with two attached hydrogens (primary N) is 1. The van der Waals surface area contributed by atoms with Gasteiger partial charge in [-0.15, -0.1) is 0 Å². The van der Waals surface area contributed by atoms with Gasteiger partial charge in [-0.3, -0.25) is 0 Å². The molecule has 1 aliphatic heterocycles. The van der Waals surface area contributed by atoms with Crippen molar-refractivity contribution < 1.29 is 26.7 Å². The van der Waals surface area contributed by atoms with E-state index in [1.165, 1.54) is 4.90 Å². The molecule has 2 aromatic rings. The molecule has 7 nitrogen and oxygen atoms in total. The fourth-order valence-electron chi connectivity index (χ4n) is 4.65. The van der Waals surface area contributed by atoms with Crippen LogP contribution in [0.3, 0.4) is 0 Å². The van der Waals surface area contributed by atoms with E-state index in [0.29, 0.717) is 35.6 Å². The van der Waals surface area contributed by atoms with Crippen molar-refractivity contribution in [3.8, 4) is 11.3 Å². The molecule has 190 valence electrons. The predicted octanol–water partition coefficient (Wildman–Crippen LogP) is 5.44. The van der Waals surface area contributed by atoms with Crippen LogP contribution in [0.2, 0.25) is 0 Å². The number of hydrogen-bond donors (Lipinski definition) is 3. The third-order valence-corrected chi connectivity index (χ3v) is 6.36. The highest BCUT2D eigenvalue weighted by atomic mass is 19.4. The Labute approximate surface area is 199 Å². The number of nitrogen functional groups attached to an aromatic ring is 1. The first-order chi connectivity index (χ1) is 16.4. The van der Waals surface area contributed by atoms with E-state index in [0.717, 1.165) is 5.56 Å². The third kappa shape index (κ3) is 6.49. The number of halogens is 5. The molecule has 1 aromatic carbocycles. The summed E-state index contributed by atoms with van der Waals surface area (Å²) in [5, 5.41) is 5.74. The second-order valence-electron chi connectivity index (χ2n) is 9.32. The number of likely N-dealkylation sites (tertiary alicyclic amines) is 1.